The van der Waals surface area contributed by atoms with Gasteiger partial charge in [-0.25, -0.2) is 0 Å². The van der Waals surface area contributed by atoms with Crippen molar-refractivity contribution in [2.75, 3.05) is 33.9 Å². The molecule has 0 saturated carbocycles. The second kappa shape index (κ2) is 9.23. The van der Waals surface area contributed by atoms with Crippen LogP contribution in [0.4, 0.5) is 0 Å². The van der Waals surface area contributed by atoms with Gasteiger partial charge >= 0.3 is 0 Å². The minimum Gasteiger partial charge on any atom is -0.497 e. The maximum atomic E-state index is 11.9. The quantitative estimate of drug-likeness (QED) is 0.708. The summed E-state index contributed by atoms with van der Waals surface area (Å²) < 4.78 is 10.5. The van der Waals surface area contributed by atoms with Gasteiger partial charge in [-0.2, -0.15) is 0 Å². The molecule has 0 aromatic heterocycles. The average molecular weight is 294 g/mol. The molecule has 0 bridgehead atoms. The van der Waals surface area contributed by atoms with Crippen molar-refractivity contribution in [1.29, 1.82) is 0 Å². The predicted octanol–water partition coefficient (Wildman–Crippen LogP) is 2.05. The van der Waals surface area contributed by atoms with E-state index >= 15 is 0 Å². The third-order valence-corrected chi connectivity index (χ3v) is 3.37. The molecule has 0 aliphatic carbocycles. The van der Waals surface area contributed by atoms with E-state index in [0.29, 0.717) is 19.5 Å². The molecular formula is C16H26N2O3. The molecule has 1 amide bonds. The Kier molecular flexibility index (Phi) is 7.61. The van der Waals surface area contributed by atoms with Gasteiger partial charge in [0.25, 0.3) is 0 Å². The number of carbonyl (C=O) groups excluding carboxylic acids is 1. The van der Waals surface area contributed by atoms with E-state index in [-0.39, 0.29) is 5.91 Å². The molecule has 0 unspecified atom stereocenters. The van der Waals surface area contributed by atoms with Gasteiger partial charge in [0.2, 0.25) is 5.91 Å². The molecule has 118 valence electrons. The first kappa shape index (κ1) is 17.3. The number of hydrogen-bond acceptors (Lipinski definition) is 4. The number of rotatable bonds is 9. The van der Waals surface area contributed by atoms with Crippen LogP contribution in [0.3, 0.4) is 0 Å². The first-order valence-electron chi connectivity index (χ1n) is 7.35. The number of nitrogens with one attached hydrogen (secondary N) is 1. The van der Waals surface area contributed by atoms with Crippen LogP contribution in [0.1, 0.15) is 25.8 Å². The fourth-order valence-electron chi connectivity index (χ4n) is 2.13. The molecule has 1 N–H and O–H groups in total. The lowest BCUT2D eigenvalue weighted by Crippen LogP contribution is -2.32. The number of benzene rings is 1. The monoisotopic (exact) mass is 294 g/mol. The summed E-state index contributed by atoms with van der Waals surface area (Å²) in [5.41, 5.74) is 1.07. The number of carbonyl (C=O) groups is 1. The molecule has 5 nitrogen and oxygen atoms in total. The van der Waals surface area contributed by atoms with E-state index < -0.39 is 0 Å². The minimum absolute atomic E-state index is 0.190. The molecule has 0 aliphatic heterocycles. The summed E-state index contributed by atoms with van der Waals surface area (Å²) in [6, 6.07) is 5.76. The summed E-state index contributed by atoms with van der Waals surface area (Å²) in [4.78, 5) is 13.7. The third kappa shape index (κ3) is 5.63. The molecule has 0 saturated heterocycles. The van der Waals surface area contributed by atoms with Crippen LogP contribution in [0.2, 0.25) is 0 Å². The fraction of sp³-hybridized carbons (Fsp3) is 0.562. The molecule has 1 rings (SSSR count). The molecule has 0 fully saturated rings. The van der Waals surface area contributed by atoms with Crippen LogP contribution >= 0.6 is 0 Å². The Hall–Kier alpha value is -1.75. The normalized spacial score (nSPS) is 10.3. The van der Waals surface area contributed by atoms with Gasteiger partial charge in [0.05, 0.1) is 14.2 Å². The minimum atomic E-state index is 0.190. The number of ether oxygens (including phenoxy) is 2. The van der Waals surface area contributed by atoms with Gasteiger partial charge in [-0.3, -0.25) is 4.79 Å². The van der Waals surface area contributed by atoms with E-state index in [9.17, 15) is 4.79 Å². The lowest BCUT2D eigenvalue weighted by atomic mass is 10.2. The summed E-state index contributed by atoms with van der Waals surface area (Å²) in [6.45, 7) is 6.87. The maximum Gasteiger partial charge on any atom is 0.223 e. The lowest BCUT2D eigenvalue weighted by molar-refractivity contribution is -0.130. The zero-order valence-corrected chi connectivity index (χ0v) is 13.4. The van der Waals surface area contributed by atoms with E-state index in [4.69, 9.17) is 9.47 Å². The van der Waals surface area contributed by atoms with Crippen molar-refractivity contribution in [3.8, 4) is 11.5 Å². The van der Waals surface area contributed by atoms with Crippen molar-refractivity contribution in [3.05, 3.63) is 23.8 Å². The van der Waals surface area contributed by atoms with E-state index in [0.717, 1.165) is 30.2 Å². The Morgan fingerprint density at radius 2 is 1.67 bits per heavy atom. The summed E-state index contributed by atoms with van der Waals surface area (Å²) in [7, 11) is 3.27. The number of methoxy groups -OCH3 is 2. The van der Waals surface area contributed by atoms with E-state index in [1.807, 2.05) is 36.9 Å². The summed E-state index contributed by atoms with van der Waals surface area (Å²) in [5, 5.41) is 3.28. The van der Waals surface area contributed by atoms with Gasteiger partial charge in [0, 0.05) is 38.7 Å². The molecule has 0 radical (unpaired) electrons. The van der Waals surface area contributed by atoms with Crippen LogP contribution in [-0.4, -0.2) is 44.7 Å². The lowest BCUT2D eigenvalue weighted by Gasteiger charge is -2.18. The van der Waals surface area contributed by atoms with Crippen molar-refractivity contribution >= 4 is 5.91 Å². The molecule has 0 heterocycles. The highest BCUT2D eigenvalue weighted by Crippen LogP contribution is 2.22. The SMILES string of the molecule is CCN(CC)C(=O)CCNCc1cc(OC)cc(OC)c1. The van der Waals surface area contributed by atoms with Crippen LogP contribution in [0.15, 0.2) is 18.2 Å². The van der Waals surface area contributed by atoms with Gasteiger partial charge < -0.3 is 19.7 Å². The second-order valence-corrected chi connectivity index (χ2v) is 4.71. The highest BCUT2D eigenvalue weighted by molar-refractivity contribution is 5.76. The molecule has 0 atom stereocenters. The molecule has 1 aromatic carbocycles. The smallest absolute Gasteiger partial charge is 0.223 e. The largest absolute Gasteiger partial charge is 0.497 e. The molecule has 1 aromatic rings. The zero-order valence-electron chi connectivity index (χ0n) is 13.4. The van der Waals surface area contributed by atoms with E-state index in [1.54, 1.807) is 14.2 Å². The van der Waals surface area contributed by atoms with Crippen LogP contribution in [-0.2, 0) is 11.3 Å². The predicted molar refractivity (Wildman–Crippen MR) is 83.8 cm³/mol. The molecular weight excluding hydrogens is 268 g/mol. The highest BCUT2D eigenvalue weighted by atomic mass is 16.5. The van der Waals surface area contributed by atoms with Crippen molar-refractivity contribution in [2.45, 2.75) is 26.8 Å². The van der Waals surface area contributed by atoms with Crippen molar-refractivity contribution in [1.82, 2.24) is 10.2 Å². The molecule has 5 heteroatoms. The average Bonchev–Trinajstić information content (AvgIpc) is 2.52. The second-order valence-electron chi connectivity index (χ2n) is 4.71. The van der Waals surface area contributed by atoms with E-state index in [2.05, 4.69) is 5.32 Å². The van der Waals surface area contributed by atoms with Crippen LogP contribution in [0.25, 0.3) is 0 Å². The van der Waals surface area contributed by atoms with Gasteiger partial charge in [0.15, 0.2) is 0 Å². The van der Waals surface area contributed by atoms with Gasteiger partial charge in [-0.05, 0) is 31.5 Å². The third-order valence-electron chi connectivity index (χ3n) is 3.37. The Morgan fingerprint density at radius 3 is 2.14 bits per heavy atom. The molecule has 0 aliphatic rings. The Labute approximate surface area is 127 Å². The Bertz CT molecular complexity index is 423. The highest BCUT2D eigenvalue weighted by Gasteiger charge is 2.08. The van der Waals surface area contributed by atoms with Gasteiger partial charge in [-0.1, -0.05) is 0 Å². The first-order valence-corrected chi connectivity index (χ1v) is 7.35. The summed E-state index contributed by atoms with van der Waals surface area (Å²) in [6.07, 6.45) is 0.517. The molecule has 21 heavy (non-hydrogen) atoms. The van der Waals surface area contributed by atoms with Crippen LogP contribution in [0, 0.1) is 0 Å². The van der Waals surface area contributed by atoms with Crippen LogP contribution in [0.5, 0.6) is 11.5 Å². The fourth-order valence-corrected chi connectivity index (χ4v) is 2.13. The van der Waals surface area contributed by atoms with Crippen molar-refractivity contribution in [3.63, 3.8) is 0 Å². The summed E-state index contributed by atoms with van der Waals surface area (Å²) >= 11 is 0. The van der Waals surface area contributed by atoms with Gasteiger partial charge in [-0.15, -0.1) is 0 Å². The summed E-state index contributed by atoms with van der Waals surface area (Å²) in [5.74, 6) is 1.73. The standard InChI is InChI=1S/C16H26N2O3/c1-5-18(6-2)16(19)7-8-17-12-13-9-14(20-3)11-15(10-13)21-4/h9-11,17H,5-8,12H2,1-4H3. The number of amides is 1. The number of hydrogen-bond donors (Lipinski definition) is 1. The van der Waals surface area contributed by atoms with Crippen molar-refractivity contribution < 1.29 is 14.3 Å². The Balaban J connectivity index is 2.44. The zero-order chi connectivity index (χ0) is 15.7. The van der Waals surface area contributed by atoms with E-state index in [1.165, 1.54) is 0 Å². The van der Waals surface area contributed by atoms with Gasteiger partial charge in [0.1, 0.15) is 11.5 Å². The van der Waals surface area contributed by atoms with Crippen LogP contribution < -0.4 is 14.8 Å². The number of nitrogens with zero attached hydrogens (tertiary/aromatic N) is 1. The van der Waals surface area contributed by atoms with Crippen molar-refractivity contribution in [2.24, 2.45) is 0 Å². The first-order chi connectivity index (χ1) is 10.1. The maximum absolute atomic E-state index is 11.9. The molecule has 0 spiro atoms. The Morgan fingerprint density at radius 1 is 1.10 bits per heavy atom. The topological polar surface area (TPSA) is 50.8 Å².